The Morgan fingerprint density at radius 2 is 2.10 bits per heavy atom. The van der Waals surface area contributed by atoms with E-state index < -0.39 is 16.7 Å². The third-order valence-corrected chi connectivity index (χ3v) is 2.98. The summed E-state index contributed by atoms with van der Waals surface area (Å²) >= 11 is 0. The van der Waals surface area contributed by atoms with Crippen molar-refractivity contribution in [1.82, 2.24) is 4.98 Å². The predicted octanol–water partition coefficient (Wildman–Crippen LogP) is 2.27. The highest BCUT2D eigenvalue weighted by atomic mass is 19.4. The summed E-state index contributed by atoms with van der Waals surface area (Å²) in [6.45, 7) is 0.175. The molecule has 0 amide bonds. The Bertz CT molecular complexity index is 571. The van der Waals surface area contributed by atoms with Crippen molar-refractivity contribution in [2.75, 3.05) is 23.7 Å². The quantitative estimate of drug-likeness (QED) is 0.512. The van der Waals surface area contributed by atoms with Crippen LogP contribution in [0.1, 0.15) is 6.42 Å². The van der Waals surface area contributed by atoms with E-state index in [2.05, 4.69) is 4.98 Å². The van der Waals surface area contributed by atoms with Crippen LogP contribution in [0, 0.1) is 10.1 Å². The Kier molecular flexibility index (Phi) is 3.51. The third kappa shape index (κ3) is 2.81. The minimum Gasteiger partial charge on any atom is -0.378 e. The molecule has 1 aliphatic rings. The molecule has 6 nitrogen and oxygen atoms in total. The first-order chi connectivity index (χ1) is 9.29. The minimum atomic E-state index is -4.31. The number of rotatable bonds is 2. The smallest absolute Gasteiger partial charge is 0.378 e. The van der Waals surface area contributed by atoms with E-state index in [-0.39, 0.29) is 31.0 Å². The average Bonchev–Trinajstić information content (AvgIpc) is 2.37. The molecule has 0 aliphatic carbocycles. The lowest BCUT2D eigenvalue weighted by Crippen LogP contribution is -2.32. The van der Waals surface area contributed by atoms with Gasteiger partial charge in [0, 0.05) is 24.7 Å². The van der Waals surface area contributed by atoms with Gasteiger partial charge in [0.15, 0.2) is 0 Å². The summed E-state index contributed by atoms with van der Waals surface area (Å²) in [5, 5.41) is 10.6. The zero-order valence-corrected chi connectivity index (χ0v) is 10.2. The van der Waals surface area contributed by atoms with Crippen LogP contribution in [-0.2, 0) is 0 Å². The number of alkyl halides is 3. The molecule has 0 bridgehead atoms. The van der Waals surface area contributed by atoms with Crippen LogP contribution in [0.25, 0.3) is 0 Å². The first kappa shape index (κ1) is 14.1. The van der Waals surface area contributed by atoms with Crippen LogP contribution in [0.5, 0.6) is 0 Å². The van der Waals surface area contributed by atoms with Gasteiger partial charge in [-0.25, -0.2) is 4.98 Å². The molecule has 0 unspecified atom stereocenters. The van der Waals surface area contributed by atoms with Gasteiger partial charge in [-0.15, -0.1) is 0 Å². The van der Waals surface area contributed by atoms with E-state index in [1.54, 1.807) is 4.90 Å². The Labute approximate surface area is 111 Å². The van der Waals surface area contributed by atoms with Gasteiger partial charge < -0.3 is 10.6 Å². The predicted molar refractivity (Wildman–Crippen MR) is 66.3 cm³/mol. The van der Waals surface area contributed by atoms with Gasteiger partial charge in [-0.05, 0) is 12.5 Å². The molecule has 0 saturated heterocycles. The first-order valence-corrected chi connectivity index (χ1v) is 5.71. The van der Waals surface area contributed by atoms with Gasteiger partial charge in [-0.3, -0.25) is 10.1 Å². The maximum absolute atomic E-state index is 12.5. The lowest BCUT2D eigenvalue weighted by atomic mass is 10.1. The molecular weight excluding hydrogens is 277 g/mol. The number of nitrogens with zero attached hydrogens (tertiary/aromatic N) is 3. The van der Waals surface area contributed by atoms with Gasteiger partial charge in [-0.1, -0.05) is 6.08 Å². The van der Waals surface area contributed by atoms with Crippen LogP contribution in [0.4, 0.5) is 30.5 Å². The number of aromatic nitrogens is 1. The van der Waals surface area contributed by atoms with Crippen molar-refractivity contribution in [3.8, 4) is 0 Å². The van der Waals surface area contributed by atoms with Gasteiger partial charge in [-0.2, -0.15) is 13.2 Å². The van der Waals surface area contributed by atoms with Gasteiger partial charge in [0.25, 0.3) is 0 Å². The van der Waals surface area contributed by atoms with Crippen molar-refractivity contribution in [2.24, 2.45) is 0 Å². The molecule has 20 heavy (non-hydrogen) atoms. The number of anilines is 2. The van der Waals surface area contributed by atoms with Crippen LogP contribution in [0.15, 0.2) is 23.8 Å². The Morgan fingerprint density at radius 3 is 2.55 bits per heavy atom. The van der Waals surface area contributed by atoms with E-state index in [9.17, 15) is 23.3 Å². The molecule has 1 aromatic heterocycles. The summed E-state index contributed by atoms with van der Waals surface area (Å²) in [5.74, 6) is 0.0728. The Hall–Kier alpha value is -2.32. The molecule has 2 N–H and O–H groups in total. The largest absolute Gasteiger partial charge is 0.412 e. The molecule has 1 aromatic rings. The van der Waals surface area contributed by atoms with E-state index in [1.165, 1.54) is 12.1 Å². The Morgan fingerprint density at radius 1 is 1.40 bits per heavy atom. The lowest BCUT2D eigenvalue weighted by Gasteiger charge is -2.28. The van der Waals surface area contributed by atoms with Crippen LogP contribution < -0.4 is 10.6 Å². The van der Waals surface area contributed by atoms with Crippen molar-refractivity contribution in [3.63, 3.8) is 0 Å². The number of nitro groups is 1. The molecule has 0 atom stereocenters. The molecule has 2 heterocycles. The number of nitrogen functional groups attached to an aromatic ring is 1. The third-order valence-electron chi connectivity index (χ3n) is 2.98. The second-order valence-corrected chi connectivity index (χ2v) is 4.25. The SMILES string of the molecule is Nc1nc(N2CC=C(C(F)(F)F)CC2)ccc1[N+](=O)[O-]. The van der Waals surface area contributed by atoms with Crippen LogP contribution in [-0.4, -0.2) is 29.2 Å². The van der Waals surface area contributed by atoms with E-state index in [4.69, 9.17) is 5.73 Å². The van der Waals surface area contributed by atoms with Crippen molar-refractivity contribution in [2.45, 2.75) is 12.6 Å². The number of hydrogen-bond donors (Lipinski definition) is 1. The minimum absolute atomic E-state index is 0.0408. The van der Waals surface area contributed by atoms with Crippen LogP contribution >= 0.6 is 0 Å². The zero-order valence-electron chi connectivity index (χ0n) is 10.2. The van der Waals surface area contributed by atoms with E-state index in [1.807, 2.05) is 0 Å². The van der Waals surface area contributed by atoms with Gasteiger partial charge in [0.1, 0.15) is 5.82 Å². The molecular formula is C11H11F3N4O2. The monoisotopic (exact) mass is 288 g/mol. The van der Waals surface area contributed by atoms with Crippen molar-refractivity contribution >= 4 is 17.3 Å². The summed E-state index contributed by atoms with van der Waals surface area (Å²) < 4.78 is 37.4. The number of pyridine rings is 1. The summed E-state index contributed by atoms with van der Waals surface area (Å²) in [4.78, 5) is 15.4. The normalized spacial score (nSPS) is 15.9. The summed E-state index contributed by atoms with van der Waals surface area (Å²) in [7, 11) is 0. The molecule has 2 rings (SSSR count). The van der Waals surface area contributed by atoms with Crippen molar-refractivity contribution in [3.05, 3.63) is 33.9 Å². The summed E-state index contributed by atoms with van der Waals surface area (Å²) in [5.41, 5.74) is 4.56. The lowest BCUT2D eigenvalue weighted by molar-refractivity contribution is -0.384. The van der Waals surface area contributed by atoms with Crippen LogP contribution in [0.2, 0.25) is 0 Å². The molecule has 0 radical (unpaired) electrons. The Balaban J connectivity index is 2.17. The van der Waals surface area contributed by atoms with Crippen LogP contribution in [0.3, 0.4) is 0 Å². The molecule has 9 heteroatoms. The molecule has 0 aromatic carbocycles. The van der Waals surface area contributed by atoms with Gasteiger partial charge >= 0.3 is 11.9 Å². The summed E-state index contributed by atoms with van der Waals surface area (Å²) in [6, 6.07) is 2.57. The van der Waals surface area contributed by atoms with Crippen molar-refractivity contribution in [1.29, 1.82) is 0 Å². The highest BCUT2D eigenvalue weighted by molar-refractivity contribution is 5.58. The number of nitrogens with two attached hydrogens (primary N) is 1. The standard InChI is InChI=1S/C11H11F3N4O2/c12-11(13,14)7-3-5-17(6-4-7)9-2-1-8(18(19)20)10(15)16-9/h1-3H,4-6H2,(H2,15,16). The fraction of sp³-hybridized carbons (Fsp3) is 0.364. The maximum Gasteiger partial charge on any atom is 0.412 e. The number of hydrogen-bond acceptors (Lipinski definition) is 5. The fourth-order valence-electron chi connectivity index (χ4n) is 1.92. The second kappa shape index (κ2) is 4.99. The maximum atomic E-state index is 12.5. The summed E-state index contributed by atoms with van der Waals surface area (Å²) in [6.07, 6.45) is -3.38. The molecule has 0 saturated carbocycles. The number of halogens is 3. The van der Waals surface area contributed by atoms with Crippen molar-refractivity contribution < 1.29 is 18.1 Å². The second-order valence-electron chi connectivity index (χ2n) is 4.25. The highest BCUT2D eigenvalue weighted by Gasteiger charge is 2.35. The average molecular weight is 288 g/mol. The first-order valence-electron chi connectivity index (χ1n) is 5.71. The van der Waals surface area contributed by atoms with Gasteiger partial charge in [0.05, 0.1) is 4.92 Å². The topological polar surface area (TPSA) is 85.3 Å². The zero-order chi connectivity index (χ0) is 14.9. The fourth-order valence-corrected chi connectivity index (χ4v) is 1.92. The molecule has 108 valence electrons. The van der Waals surface area contributed by atoms with Gasteiger partial charge in [0.2, 0.25) is 5.82 Å². The molecule has 0 spiro atoms. The van der Waals surface area contributed by atoms with E-state index >= 15 is 0 Å². The molecule has 0 fully saturated rings. The van der Waals surface area contributed by atoms with E-state index in [0.29, 0.717) is 5.82 Å². The van der Waals surface area contributed by atoms with E-state index in [0.717, 1.165) is 6.08 Å². The highest BCUT2D eigenvalue weighted by Crippen LogP contribution is 2.31. The molecule has 1 aliphatic heterocycles.